The number of hydrogen-bond donors (Lipinski definition) is 1. The highest BCUT2D eigenvalue weighted by atomic mass is 16.2. The average Bonchev–Trinajstić information content (AvgIpc) is 2.84. The normalized spacial score (nSPS) is 16.1. The topological polar surface area (TPSA) is 51.1 Å². The molecule has 0 aliphatic heterocycles. The van der Waals surface area contributed by atoms with E-state index in [1.165, 1.54) is 4.57 Å². The van der Waals surface area contributed by atoms with Crippen molar-refractivity contribution in [3.63, 3.8) is 0 Å². The Labute approximate surface area is 101 Å². The Morgan fingerprint density at radius 3 is 2.88 bits per heavy atom. The molecule has 1 amide bonds. The maximum Gasteiger partial charge on any atom is 0.255 e. The molecule has 4 nitrogen and oxygen atoms in total. The lowest BCUT2D eigenvalue weighted by Crippen LogP contribution is -2.32. The lowest BCUT2D eigenvalue weighted by atomic mass is 10.1. The van der Waals surface area contributed by atoms with Crippen LogP contribution < -0.4 is 10.9 Å². The molecule has 92 valence electrons. The van der Waals surface area contributed by atoms with Gasteiger partial charge < -0.3 is 9.88 Å². The van der Waals surface area contributed by atoms with Crippen molar-refractivity contribution in [3.05, 3.63) is 34.2 Å². The largest absolute Gasteiger partial charge is 0.352 e. The Morgan fingerprint density at radius 1 is 1.47 bits per heavy atom. The van der Waals surface area contributed by atoms with Crippen molar-refractivity contribution >= 4 is 5.91 Å². The number of carbonyl (C=O) groups excluding carboxylic acids is 1. The fraction of sp³-hybridized carbons (Fsp3) is 0.538. The van der Waals surface area contributed by atoms with E-state index in [1.807, 2.05) is 6.07 Å². The lowest BCUT2D eigenvalue weighted by molar-refractivity contribution is -0.124. The van der Waals surface area contributed by atoms with Gasteiger partial charge in [-0.15, -0.1) is 0 Å². The van der Waals surface area contributed by atoms with Crippen molar-refractivity contribution in [2.24, 2.45) is 13.0 Å². The van der Waals surface area contributed by atoms with Gasteiger partial charge in [-0.2, -0.15) is 0 Å². The van der Waals surface area contributed by atoms with Gasteiger partial charge in [-0.25, -0.2) is 0 Å². The maximum absolute atomic E-state index is 11.8. The van der Waals surface area contributed by atoms with E-state index < -0.39 is 0 Å². The van der Waals surface area contributed by atoms with E-state index in [0.29, 0.717) is 12.1 Å². The first-order chi connectivity index (χ1) is 8.18. The molecule has 1 aromatic rings. The summed E-state index contributed by atoms with van der Waals surface area (Å²) in [5.41, 5.74) is 0.598. The molecule has 1 saturated carbocycles. The molecule has 1 N–H and O–H groups in total. The van der Waals surface area contributed by atoms with Crippen LogP contribution in [0.1, 0.15) is 31.2 Å². The van der Waals surface area contributed by atoms with Crippen molar-refractivity contribution in [2.45, 2.75) is 32.2 Å². The Morgan fingerprint density at radius 2 is 2.18 bits per heavy atom. The Hall–Kier alpha value is -1.58. The molecule has 0 atom stereocenters. The summed E-state index contributed by atoms with van der Waals surface area (Å²) in [5.74, 6) is 0.246. The van der Waals surface area contributed by atoms with Crippen molar-refractivity contribution in [1.82, 2.24) is 9.88 Å². The number of rotatable bonds is 3. The molecule has 1 heterocycles. The third kappa shape index (κ3) is 2.75. The van der Waals surface area contributed by atoms with Crippen molar-refractivity contribution in [3.8, 4) is 0 Å². The minimum atomic E-state index is -0.0424. The summed E-state index contributed by atoms with van der Waals surface area (Å²) in [5, 5.41) is 2.86. The van der Waals surface area contributed by atoms with Crippen LogP contribution in [0.3, 0.4) is 0 Å². The molecule has 0 radical (unpaired) electrons. The van der Waals surface area contributed by atoms with Crippen LogP contribution in [0, 0.1) is 5.92 Å². The molecule has 1 aliphatic rings. The van der Waals surface area contributed by atoms with Gasteiger partial charge in [-0.1, -0.05) is 18.9 Å². The monoisotopic (exact) mass is 234 g/mol. The van der Waals surface area contributed by atoms with Crippen molar-refractivity contribution in [1.29, 1.82) is 0 Å². The summed E-state index contributed by atoms with van der Waals surface area (Å²) in [6.07, 6.45) is 5.97. The van der Waals surface area contributed by atoms with E-state index in [1.54, 1.807) is 19.3 Å². The fourth-order valence-electron chi connectivity index (χ4n) is 2.30. The van der Waals surface area contributed by atoms with Crippen LogP contribution in [0.4, 0.5) is 0 Å². The Kier molecular flexibility index (Phi) is 3.61. The molecule has 0 bridgehead atoms. The smallest absolute Gasteiger partial charge is 0.255 e. The molecule has 0 spiro atoms. The number of nitrogens with one attached hydrogen (secondary N) is 1. The molecule has 2 rings (SSSR count). The minimum absolute atomic E-state index is 0.0424. The highest BCUT2D eigenvalue weighted by Gasteiger charge is 2.22. The molecule has 1 fully saturated rings. The van der Waals surface area contributed by atoms with E-state index in [2.05, 4.69) is 5.32 Å². The number of hydrogen-bond acceptors (Lipinski definition) is 2. The molecule has 1 aliphatic carbocycles. The quantitative estimate of drug-likeness (QED) is 0.854. The van der Waals surface area contributed by atoms with Crippen LogP contribution in [0.2, 0.25) is 0 Å². The van der Waals surface area contributed by atoms with Gasteiger partial charge >= 0.3 is 0 Å². The number of pyridine rings is 1. The van der Waals surface area contributed by atoms with Crippen LogP contribution in [-0.2, 0) is 18.4 Å². The summed E-state index contributed by atoms with van der Waals surface area (Å²) in [6.45, 7) is 0.336. The van der Waals surface area contributed by atoms with E-state index in [0.717, 1.165) is 25.7 Å². The van der Waals surface area contributed by atoms with Gasteiger partial charge in [-0.3, -0.25) is 9.59 Å². The third-order valence-electron chi connectivity index (χ3n) is 3.38. The van der Waals surface area contributed by atoms with Crippen LogP contribution in [0.15, 0.2) is 23.1 Å². The van der Waals surface area contributed by atoms with Gasteiger partial charge in [0.25, 0.3) is 5.56 Å². The first-order valence-electron chi connectivity index (χ1n) is 6.10. The molecular weight excluding hydrogens is 216 g/mol. The highest BCUT2D eigenvalue weighted by Crippen LogP contribution is 2.24. The first kappa shape index (κ1) is 11.9. The summed E-state index contributed by atoms with van der Waals surface area (Å²) >= 11 is 0. The van der Waals surface area contributed by atoms with E-state index in [9.17, 15) is 9.59 Å². The van der Waals surface area contributed by atoms with Crippen LogP contribution >= 0.6 is 0 Å². The number of nitrogens with zero attached hydrogens (tertiary/aromatic N) is 1. The second kappa shape index (κ2) is 5.17. The minimum Gasteiger partial charge on any atom is -0.352 e. The molecule has 1 aromatic heterocycles. The zero-order chi connectivity index (χ0) is 12.3. The van der Waals surface area contributed by atoms with Crippen LogP contribution in [0.25, 0.3) is 0 Å². The summed E-state index contributed by atoms with van der Waals surface area (Å²) in [4.78, 5) is 23.5. The second-order valence-corrected chi connectivity index (χ2v) is 4.65. The van der Waals surface area contributed by atoms with Crippen LogP contribution in [0.5, 0.6) is 0 Å². The van der Waals surface area contributed by atoms with Gasteiger partial charge in [0.05, 0.1) is 0 Å². The molecular formula is C13H18N2O2. The lowest BCUT2D eigenvalue weighted by Gasteiger charge is -2.10. The highest BCUT2D eigenvalue weighted by molar-refractivity contribution is 5.78. The fourth-order valence-corrected chi connectivity index (χ4v) is 2.30. The van der Waals surface area contributed by atoms with Gasteiger partial charge in [0, 0.05) is 31.3 Å². The van der Waals surface area contributed by atoms with Crippen LogP contribution in [-0.4, -0.2) is 10.5 Å². The number of carbonyl (C=O) groups is 1. The van der Waals surface area contributed by atoms with E-state index in [4.69, 9.17) is 0 Å². The van der Waals surface area contributed by atoms with Crippen molar-refractivity contribution in [2.75, 3.05) is 0 Å². The molecule has 17 heavy (non-hydrogen) atoms. The zero-order valence-electron chi connectivity index (χ0n) is 10.1. The van der Waals surface area contributed by atoms with E-state index in [-0.39, 0.29) is 17.4 Å². The third-order valence-corrected chi connectivity index (χ3v) is 3.38. The van der Waals surface area contributed by atoms with Gasteiger partial charge in [-0.05, 0) is 18.9 Å². The summed E-state index contributed by atoms with van der Waals surface area (Å²) in [6, 6.07) is 3.58. The van der Waals surface area contributed by atoms with Gasteiger partial charge in [0.2, 0.25) is 5.91 Å². The average molecular weight is 234 g/mol. The second-order valence-electron chi connectivity index (χ2n) is 4.65. The number of aryl methyl sites for hydroxylation is 1. The SMILES string of the molecule is Cn1cccc(CNC(=O)C2CCCC2)c1=O. The summed E-state index contributed by atoms with van der Waals surface area (Å²) in [7, 11) is 1.71. The predicted molar refractivity (Wildman–Crippen MR) is 65.5 cm³/mol. The molecule has 4 heteroatoms. The number of aromatic nitrogens is 1. The standard InChI is InChI=1S/C13H18N2O2/c1-15-8-4-7-11(13(15)17)9-14-12(16)10-5-2-3-6-10/h4,7-8,10H,2-3,5-6,9H2,1H3,(H,14,16). The molecule has 0 aromatic carbocycles. The Bertz CT molecular complexity index is 459. The van der Waals surface area contributed by atoms with Crippen molar-refractivity contribution < 1.29 is 4.79 Å². The zero-order valence-corrected chi connectivity index (χ0v) is 10.1. The number of amides is 1. The molecule has 0 saturated heterocycles. The van der Waals surface area contributed by atoms with E-state index >= 15 is 0 Å². The van der Waals surface area contributed by atoms with Gasteiger partial charge in [0.1, 0.15) is 0 Å². The van der Waals surface area contributed by atoms with Gasteiger partial charge in [0.15, 0.2) is 0 Å². The first-order valence-corrected chi connectivity index (χ1v) is 6.10. The summed E-state index contributed by atoms with van der Waals surface area (Å²) < 4.78 is 1.52. The predicted octanol–water partition coefficient (Wildman–Crippen LogP) is 1.19. The molecule has 0 unspecified atom stereocenters. The maximum atomic E-state index is 11.8. The Balaban J connectivity index is 1.95.